The fraction of sp³-hybridized carbons (Fsp3) is 0.222. The van der Waals surface area contributed by atoms with Crippen LogP contribution in [0.3, 0.4) is 0 Å². The molecule has 100 valence electrons. The second-order valence-corrected chi connectivity index (χ2v) is 3.73. The van der Waals surface area contributed by atoms with E-state index in [9.17, 15) is 10.1 Å². The number of hydrogen-bond acceptors (Lipinski definition) is 8. The molecule has 2 rings (SSSR count). The molecule has 0 fully saturated rings. The van der Waals surface area contributed by atoms with Crippen molar-refractivity contribution < 1.29 is 4.92 Å². The smallest absolute Gasteiger partial charge is 0.318 e. The molecule has 0 saturated heterocycles. The van der Waals surface area contributed by atoms with E-state index in [4.69, 9.17) is 5.84 Å². The van der Waals surface area contributed by atoms with Gasteiger partial charge in [0.2, 0.25) is 11.8 Å². The summed E-state index contributed by atoms with van der Waals surface area (Å²) in [5, 5.41) is 17.9. The Balaban J connectivity index is 2.47. The van der Waals surface area contributed by atoms with Crippen LogP contribution in [0.25, 0.3) is 0 Å². The van der Waals surface area contributed by atoms with Crippen LogP contribution < -0.4 is 16.6 Å². The molecule has 2 aromatic heterocycles. The Morgan fingerprint density at radius 1 is 1.47 bits per heavy atom. The van der Waals surface area contributed by atoms with Gasteiger partial charge in [-0.1, -0.05) is 0 Å². The van der Waals surface area contributed by atoms with Gasteiger partial charge in [-0.05, 0) is 6.92 Å². The molecule has 2 heterocycles. The molecule has 10 nitrogen and oxygen atoms in total. The first-order chi connectivity index (χ1) is 9.01. The number of rotatable bonds is 4. The highest BCUT2D eigenvalue weighted by Crippen LogP contribution is 2.28. The van der Waals surface area contributed by atoms with Gasteiger partial charge in [0.15, 0.2) is 5.82 Å². The van der Waals surface area contributed by atoms with Crippen LogP contribution in [-0.2, 0) is 7.05 Å². The molecule has 0 bridgehead atoms. The molecule has 0 saturated carbocycles. The maximum Gasteiger partial charge on any atom is 0.332 e. The van der Waals surface area contributed by atoms with Gasteiger partial charge in [-0.15, -0.1) is 0 Å². The van der Waals surface area contributed by atoms with Gasteiger partial charge < -0.3 is 5.32 Å². The van der Waals surface area contributed by atoms with Crippen LogP contribution in [0.4, 0.5) is 23.3 Å². The number of nitrogens with zero attached hydrogens (tertiary/aromatic N) is 5. The van der Waals surface area contributed by atoms with Crippen LogP contribution in [0.1, 0.15) is 5.69 Å². The van der Waals surface area contributed by atoms with Gasteiger partial charge >= 0.3 is 5.69 Å². The van der Waals surface area contributed by atoms with Crippen molar-refractivity contribution in [1.29, 1.82) is 0 Å². The molecule has 10 heteroatoms. The fourth-order valence-corrected chi connectivity index (χ4v) is 1.54. The Kier molecular flexibility index (Phi) is 3.25. The monoisotopic (exact) mass is 264 g/mol. The van der Waals surface area contributed by atoms with Crippen LogP contribution in [-0.4, -0.2) is 24.7 Å². The third-order valence-corrected chi connectivity index (χ3v) is 2.33. The first-order valence-electron chi connectivity index (χ1n) is 5.27. The lowest BCUT2D eigenvalue weighted by Gasteiger charge is -2.07. The van der Waals surface area contributed by atoms with E-state index in [1.165, 1.54) is 6.92 Å². The first-order valence-corrected chi connectivity index (χ1v) is 5.27. The molecule has 2 aromatic rings. The lowest BCUT2D eigenvalue weighted by atomic mass is 10.3. The number of aryl methyl sites for hydroxylation is 2. The lowest BCUT2D eigenvalue weighted by molar-refractivity contribution is -0.385. The van der Waals surface area contributed by atoms with E-state index < -0.39 is 4.92 Å². The molecule has 0 amide bonds. The lowest BCUT2D eigenvalue weighted by Crippen LogP contribution is -2.13. The van der Waals surface area contributed by atoms with E-state index in [-0.39, 0.29) is 23.1 Å². The minimum atomic E-state index is -0.555. The van der Waals surface area contributed by atoms with Gasteiger partial charge in [0, 0.05) is 19.3 Å². The van der Waals surface area contributed by atoms with Crippen molar-refractivity contribution in [2.45, 2.75) is 6.92 Å². The highest BCUT2D eigenvalue weighted by molar-refractivity contribution is 5.66. The summed E-state index contributed by atoms with van der Waals surface area (Å²) in [6, 6.07) is 1.66. The molecule has 0 aliphatic rings. The van der Waals surface area contributed by atoms with Gasteiger partial charge in [0.25, 0.3) is 0 Å². The van der Waals surface area contributed by atoms with Gasteiger partial charge in [-0.2, -0.15) is 10.1 Å². The predicted octanol–water partition coefficient (Wildman–Crippen LogP) is 0.456. The van der Waals surface area contributed by atoms with E-state index in [0.29, 0.717) is 5.82 Å². The third-order valence-electron chi connectivity index (χ3n) is 2.33. The summed E-state index contributed by atoms with van der Waals surface area (Å²) in [4.78, 5) is 18.3. The number of hydrogen-bond donors (Lipinski definition) is 3. The van der Waals surface area contributed by atoms with Gasteiger partial charge in [-0.25, -0.2) is 10.8 Å². The zero-order valence-electron chi connectivity index (χ0n) is 10.3. The zero-order valence-corrected chi connectivity index (χ0v) is 10.3. The first kappa shape index (κ1) is 12.7. The summed E-state index contributed by atoms with van der Waals surface area (Å²) in [6.07, 6.45) is 1.70. The summed E-state index contributed by atoms with van der Waals surface area (Å²) < 4.78 is 1.56. The highest BCUT2D eigenvalue weighted by Gasteiger charge is 2.22. The molecule has 0 atom stereocenters. The number of nitro groups is 1. The molecular weight excluding hydrogens is 252 g/mol. The number of nitrogens with one attached hydrogen (secondary N) is 2. The standard InChI is InChI=1S/C9H12N8O2/c1-5-7(17(18)19)8(13-9(11-5)14-10)12-6-3-4-16(2)15-6/h3-4H,10H2,1-2H3,(H2,11,12,13,14,15). The third kappa shape index (κ3) is 2.57. The molecule has 0 spiro atoms. The molecule has 0 aliphatic heterocycles. The number of hydrazine groups is 1. The number of nitrogens with two attached hydrogens (primary N) is 1. The Labute approximate surface area is 107 Å². The number of anilines is 3. The van der Waals surface area contributed by atoms with Crippen molar-refractivity contribution >= 4 is 23.3 Å². The van der Waals surface area contributed by atoms with Gasteiger partial charge in [0.05, 0.1) is 4.92 Å². The largest absolute Gasteiger partial charge is 0.332 e. The molecule has 0 aromatic carbocycles. The Hall–Kier alpha value is -2.75. The van der Waals surface area contributed by atoms with Crippen molar-refractivity contribution in [3.8, 4) is 0 Å². The highest BCUT2D eigenvalue weighted by atomic mass is 16.6. The average molecular weight is 264 g/mol. The number of aromatic nitrogens is 4. The summed E-state index contributed by atoms with van der Waals surface area (Å²) >= 11 is 0. The summed E-state index contributed by atoms with van der Waals surface area (Å²) in [5.74, 6) is 5.77. The summed E-state index contributed by atoms with van der Waals surface area (Å²) in [5.41, 5.74) is 2.24. The normalized spacial score (nSPS) is 10.3. The average Bonchev–Trinajstić information content (AvgIpc) is 2.73. The molecule has 4 N–H and O–H groups in total. The topological polar surface area (TPSA) is 137 Å². The molecule has 19 heavy (non-hydrogen) atoms. The maximum absolute atomic E-state index is 11.0. The van der Waals surface area contributed by atoms with E-state index in [2.05, 4.69) is 25.8 Å². The molecule has 0 radical (unpaired) electrons. The van der Waals surface area contributed by atoms with Crippen molar-refractivity contribution in [1.82, 2.24) is 19.7 Å². The van der Waals surface area contributed by atoms with Crippen LogP contribution in [0.5, 0.6) is 0 Å². The minimum absolute atomic E-state index is 0.0316. The maximum atomic E-state index is 11.0. The van der Waals surface area contributed by atoms with Crippen LogP contribution in [0.2, 0.25) is 0 Å². The van der Waals surface area contributed by atoms with E-state index in [0.717, 1.165) is 0 Å². The Morgan fingerprint density at radius 3 is 2.74 bits per heavy atom. The second-order valence-electron chi connectivity index (χ2n) is 3.73. The van der Waals surface area contributed by atoms with Crippen LogP contribution in [0, 0.1) is 17.0 Å². The fourth-order valence-electron chi connectivity index (χ4n) is 1.54. The molecule has 0 aliphatic carbocycles. The van der Waals surface area contributed by atoms with Crippen LogP contribution in [0.15, 0.2) is 12.3 Å². The van der Waals surface area contributed by atoms with Crippen molar-refractivity contribution in [2.75, 3.05) is 10.7 Å². The number of nitrogen functional groups attached to an aromatic ring is 1. The van der Waals surface area contributed by atoms with E-state index in [1.807, 2.05) is 0 Å². The van der Waals surface area contributed by atoms with Crippen molar-refractivity contribution in [3.63, 3.8) is 0 Å². The van der Waals surface area contributed by atoms with Crippen molar-refractivity contribution in [2.24, 2.45) is 12.9 Å². The summed E-state index contributed by atoms with van der Waals surface area (Å²) in [7, 11) is 1.73. The van der Waals surface area contributed by atoms with Gasteiger partial charge in [-0.3, -0.25) is 20.2 Å². The van der Waals surface area contributed by atoms with Gasteiger partial charge in [0.1, 0.15) is 5.69 Å². The minimum Gasteiger partial charge on any atom is -0.318 e. The van der Waals surface area contributed by atoms with Crippen molar-refractivity contribution in [3.05, 3.63) is 28.1 Å². The SMILES string of the molecule is Cc1nc(NN)nc(Nc2ccn(C)n2)c1[N+](=O)[O-]. The zero-order chi connectivity index (χ0) is 14.0. The van der Waals surface area contributed by atoms with E-state index >= 15 is 0 Å². The van der Waals surface area contributed by atoms with Crippen LogP contribution >= 0.6 is 0 Å². The Morgan fingerprint density at radius 2 is 2.21 bits per heavy atom. The quantitative estimate of drug-likeness (QED) is 0.411. The van der Waals surface area contributed by atoms with E-state index in [1.54, 1.807) is 24.0 Å². The second kappa shape index (κ2) is 4.86. The molecular formula is C9H12N8O2. The predicted molar refractivity (Wildman–Crippen MR) is 67.7 cm³/mol. The summed E-state index contributed by atoms with van der Waals surface area (Å²) in [6.45, 7) is 1.50. The molecule has 0 unspecified atom stereocenters. The Bertz CT molecular complexity index is 623.